The average Bonchev–Trinajstić information content (AvgIpc) is 2.19. The molecule has 5 heteroatoms. The normalized spacial score (nSPS) is 11.2. The minimum Gasteiger partial charge on any atom is -0.324 e. The van der Waals surface area contributed by atoms with Crippen LogP contribution in [0.4, 0.5) is 0 Å². The molecule has 107 valence electrons. The van der Waals surface area contributed by atoms with E-state index in [0.717, 1.165) is 12.8 Å². The second kappa shape index (κ2) is 13.1. The molecule has 0 rings (SSSR count). The Morgan fingerprint density at radius 2 is 1.12 bits per heavy atom. The Bertz CT molecular complexity index is 194. The van der Waals surface area contributed by atoms with Gasteiger partial charge >= 0.3 is 7.60 Å². The van der Waals surface area contributed by atoms with Crippen LogP contribution in [-0.2, 0) is 21.3 Å². The van der Waals surface area contributed by atoms with E-state index in [0.29, 0.717) is 6.42 Å². The Labute approximate surface area is 116 Å². The molecule has 0 aliphatic carbocycles. The summed E-state index contributed by atoms with van der Waals surface area (Å²) in [5.74, 6) is 0. The van der Waals surface area contributed by atoms with Crippen molar-refractivity contribution in [1.82, 2.24) is 0 Å². The summed E-state index contributed by atoms with van der Waals surface area (Å²) in [6, 6.07) is 0. The number of unbranched alkanes of at least 4 members (excludes halogenated alkanes) is 9. The van der Waals surface area contributed by atoms with Crippen LogP contribution < -0.4 is 0 Å². The Kier molecular flexibility index (Phi) is 15.4. The van der Waals surface area contributed by atoms with Crippen molar-refractivity contribution in [1.29, 1.82) is 0 Å². The first-order chi connectivity index (χ1) is 7.56. The van der Waals surface area contributed by atoms with Crippen molar-refractivity contribution in [3.8, 4) is 0 Å². The van der Waals surface area contributed by atoms with Crippen LogP contribution >= 0.6 is 7.60 Å². The van der Waals surface area contributed by atoms with Crippen molar-refractivity contribution in [3.05, 3.63) is 0 Å². The van der Waals surface area contributed by atoms with E-state index in [4.69, 9.17) is 9.79 Å². The Morgan fingerprint density at radius 3 is 1.47 bits per heavy atom. The molecular formula is C12H27CoO3P. The summed E-state index contributed by atoms with van der Waals surface area (Å²) in [5.41, 5.74) is 0. The van der Waals surface area contributed by atoms with Gasteiger partial charge in [0.1, 0.15) is 0 Å². The summed E-state index contributed by atoms with van der Waals surface area (Å²) in [6.45, 7) is 2.22. The Hall–Kier alpha value is 0.656. The standard InChI is InChI=1S/C12H27O3P.Co/c1-2-3-4-5-6-7-8-9-10-11-12-16(13,14)15;/h2-12H2,1H3,(H2,13,14,15);. The van der Waals surface area contributed by atoms with E-state index in [-0.39, 0.29) is 22.9 Å². The molecule has 0 amide bonds. The van der Waals surface area contributed by atoms with Crippen molar-refractivity contribution in [2.45, 2.75) is 71.1 Å². The summed E-state index contributed by atoms with van der Waals surface area (Å²) >= 11 is 0. The zero-order valence-electron chi connectivity index (χ0n) is 10.9. The van der Waals surface area contributed by atoms with Crippen molar-refractivity contribution in [2.75, 3.05) is 6.16 Å². The van der Waals surface area contributed by atoms with Crippen molar-refractivity contribution in [2.24, 2.45) is 0 Å². The molecule has 1 radical (unpaired) electrons. The molecule has 0 aromatic heterocycles. The maximum atomic E-state index is 10.6. The van der Waals surface area contributed by atoms with E-state index in [1.54, 1.807) is 0 Å². The molecule has 0 aromatic carbocycles. The van der Waals surface area contributed by atoms with Crippen molar-refractivity contribution >= 4 is 7.60 Å². The summed E-state index contributed by atoms with van der Waals surface area (Å²) in [4.78, 5) is 17.3. The van der Waals surface area contributed by atoms with Gasteiger partial charge in [-0.2, -0.15) is 0 Å². The van der Waals surface area contributed by atoms with Gasteiger partial charge in [0.15, 0.2) is 0 Å². The van der Waals surface area contributed by atoms with Crippen LogP contribution in [-0.4, -0.2) is 15.9 Å². The minimum atomic E-state index is -3.74. The monoisotopic (exact) mass is 309 g/mol. The van der Waals surface area contributed by atoms with E-state index in [9.17, 15) is 4.57 Å². The molecule has 17 heavy (non-hydrogen) atoms. The first kappa shape index (κ1) is 20.0. The largest absolute Gasteiger partial charge is 0.325 e. The third-order valence-corrected chi connectivity index (χ3v) is 3.70. The van der Waals surface area contributed by atoms with Gasteiger partial charge in [-0.15, -0.1) is 0 Å². The molecule has 0 atom stereocenters. The molecule has 0 aromatic rings. The fourth-order valence-corrected chi connectivity index (χ4v) is 2.44. The molecule has 3 nitrogen and oxygen atoms in total. The molecule has 2 N–H and O–H groups in total. The first-order valence-electron chi connectivity index (χ1n) is 6.61. The smallest absolute Gasteiger partial charge is 0.324 e. The van der Waals surface area contributed by atoms with E-state index in [1.807, 2.05) is 0 Å². The van der Waals surface area contributed by atoms with Gasteiger partial charge in [-0.3, -0.25) is 4.57 Å². The molecule has 0 bridgehead atoms. The predicted octanol–water partition coefficient (Wildman–Crippen LogP) is 4.08. The van der Waals surface area contributed by atoms with Crippen LogP contribution in [0.3, 0.4) is 0 Å². The van der Waals surface area contributed by atoms with Crippen LogP contribution in [0, 0.1) is 0 Å². The van der Waals surface area contributed by atoms with E-state index in [2.05, 4.69) is 6.92 Å². The molecule has 0 saturated carbocycles. The Balaban J connectivity index is 0. The molecule has 0 spiro atoms. The molecular weight excluding hydrogens is 282 g/mol. The fraction of sp³-hybridized carbons (Fsp3) is 1.00. The van der Waals surface area contributed by atoms with Gasteiger partial charge < -0.3 is 9.79 Å². The maximum absolute atomic E-state index is 10.6. The summed E-state index contributed by atoms with van der Waals surface area (Å²) in [5, 5.41) is 0. The van der Waals surface area contributed by atoms with Gasteiger partial charge in [0, 0.05) is 22.9 Å². The van der Waals surface area contributed by atoms with Crippen LogP contribution in [0.15, 0.2) is 0 Å². The van der Waals surface area contributed by atoms with Gasteiger partial charge in [0.2, 0.25) is 0 Å². The quantitative estimate of drug-likeness (QED) is 0.446. The second-order valence-electron chi connectivity index (χ2n) is 4.57. The second-order valence-corrected chi connectivity index (χ2v) is 6.35. The number of hydrogen-bond donors (Lipinski definition) is 2. The number of rotatable bonds is 11. The third kappa shape index (κ3) is 19.2. The van der Waals surface area contributed by atoms with Crippen LogP contribution in [0.25, 0.3) is 0 Å². The maximum Gasteiger partial charge on any atom is 0.325 e. The van der Waals surface area contributed by atoms with Gasteiger partial charge in [0.05, 0.1) is 0 Å². The van der Waals surface area contributed by atoms with Crippen molar-refractivity contribution < 1.29 is 31.1 Å². The summed E-state index contributed by atoms with van der Waals surface area (Å²) in [7, 11) is -3.74. The first-order valence-corrected chi connectivity index (χ1v) is 8.40. The molecule has 0 fully saturated rings. The van der Waals surface area contributed by atoms with Crippen LogP contribution in [0.5, 0.6) is 0 Å². The van der Waals surface area contributed by atoms with Gasteiger partial charge in [0.25, 0.3) is 0 Å². The fourth-order valence-electron chi connectivity index (χ4n) is 1.81. The summed E-state index contributed by atoms with van der Waals surface area (Å²) < 4.78 is 10.6. The van der Waals surface area contributed by atoms with Crippen LogP contribution in [0.1, 0.15) is 71.1 Å². The van der Waals surface area contributed by atoms with Crippen LogP contribution in [0.2, 0.25) is 0 Å². The molecule has 0 heterocycles. The van der Waals surface area contributed by atoms with Crippen molar-refractivity contribution in [3.63, 3.8) is 0 Å². The summed E-state index contributed by atoms with van der Waals surface area (Å²) in [6.07, 6.45) is 12.0. The molecule has 0 aliphatic rings. The van der Waals surface area contributed by atoms with Gasteiger partial charge in [-0.25, -0.2) is 0 Å². The molecule has 0 saturated heterocycles. The molecule has 0 aliphatic heterocycles. The topological polar surface area (TPSA) is 57.5 Å². The SMILES string of the molecule is CCCCCCCCCCCCP(=O)(O)O.[Co]. The zero-order valence-corrected chi connectivity index (χ0v) is 12.8. The predicted molar refractivity (Wildman–Crippen MR) is 68.8 cm³/mol. The third-order valence-electron chi connectivity index (χ3n) is 2.80. The van der Waals surface area contributed by atoms with E-state index in [1.165, 1.54) is 44.9 Å². The molecule has 0 unspecified atom stereocenters. The zero-order chi connectivity index (χ0) is 12.3. The van der Waals surface area contributed by atoms with E-state index < -0.39 is 7.60 Å². The number of hydrogen-bond acceptors (Lipinski definition) is 1. The van der Waals surface area contributed by atoms with Gasteiger partial charge in [-0.1, -0.05) is 64.7 Å². The minimum absolute atomic E-state index is 0. The Morgan fingerprint density at radius 1 is 0.765 bits per heavy atom. The average molecular weight is 309 g/mol. The van der Waals surface area contributed by atoms with Gasteiger partial charge in [-0.05, 0) is 6.42 Å². The van der Waals surface area contributed by atoms with E-state index >= 15 is 0 Å².